The number of hydrogen-bond acceptors (Lipinski definition) is 1. The Labute approximate surface area is 169 Å². The third-order valence-corrected chi connectivity index (χ3v) is 5.36. The van der Waals surface area contributed by atoms with Crippen LogP contribution in [-0.2, 0) is 6.42 Å². The largest absolute Gasteiger partial charge is 0.456 e. The van der Waals surface area contributed by atoms with Gasteiger partial charge >= 0.3 is 0 Å². The molecular weight excluding hydrogens is 354 g/mol. The number of aryl methyl sites for hydroxylation is 1. The summed E-state index contributed by atoms with van der Waals surface area (Å²) in [5.74, 6) is 0.852. The highest BCUT2D eigenvalue weighted by Crippen LogP contribution is 2.23. The maximum Gasteiger partial charge on any atom is 0.218 e. The Kier molecular flexibility index (Phi) is 4.45. The lowest BCUT2D eigenvalue weighted by molar-refractivity contribution is -0.399. The molecule has 0 atom stereocenters. The molecule has 0 fully saturated rings. The van der Waals surface area contributed by atoms with Crippen molar-refractivity contribution in [3.05, 3.63) is 108 Å². The molecule has 1 heterocycles. The van der Waals surface area contributed by atoms with E-state index >= 15 is 0 Å². The maximum absolute atomic E-state index is 6.27. The second-order valence-electron chi connectivity index (χ2n) is 7.23. The zero-order valence-corrected chi connectivity index (χ0v) is 16.4. The minimum Gasteiger partial charge on any atom is -0.456 e. The number of hydrogen-bond donors (Lipinski definition) is 1. The third kappa shape index (κ3) is 3.34. The summed E-state index contributed by atoms with van der Waals surface area (Å²) in [6.07, 6.45) is 0.990. The predicted octanol–water partition coefficient (Wildman–Crippen LogP) is 5.13. The van der Waals surface area contributed by atoms with Crippen LogP contribution in [0, 0.1) is 0 Å². The first-order chi connectivity index (χ1) is 14.3. The molecule has 140 valence electrons. The molecular formula is C27H22NO+. The highest BCUT2D eigenvalue weighted by Gasteiger charge is 2.11. The van der Waals surface area contributed by atoms with Crippen LogP contribution < -0.4 is 10.3 Å². The normalized spacial score (nSPS) is 12.0. The monoisotopic (exact) mass is 376 g/mol. The minimum atomic E-state index is 0.852. The Morgan fingerprint density at radius 3 is 2.38 bits per heavy atom. The maximum atomic E-state index is 6.27. The van der Waals surface area contributed by atoms with Crippen LogP contribution in [0.4, 0.5) is 5.69 Å². The van der Waals surface area contributed by atoms with Crippen LogP contribution in [0.25, 0.3) is 33.1 Å². The molecule has 0 aliphatic carbocycles. The van der Waals surface area contributed by atoms with Crippen molar-refractivity contribution in [2.24, 2.45) is 0 Å². The molecule has 1 aromatic heterocycles. The average Bonchev–Trinajstić information content (AvgIpc) is 2.79. The van der Waals surface area contributed by atoms with Crippen LogP contribution in [0.3, 0.4) is 0 Å². The Bertz CT molecular complexity index is 1380. The Morgan fingerprint density at radius 2 is 1.52 bits per heavy atom. The third-order valence-electron chi connectivity index (χ3n) is 5.36. The molecule has 0 aliphatic heterocycles. The topological polar surface area (TPSA) is 27.1 Å². The van der Waals surface area contributed by atoms with Crippen LogP contribution in [0.15, 0.2) is 101 Å². The number of rotatable bonds is 3. The molecule has 29 heavy (non-hydrogen) atoms. The van der Waals surface area contributed by atoms with E-state index in [0.29, 0.717) is 0 Å². The molecule has 0 radical (unpaired) electrons. The second kappa shape index (κ2) is 7.40. The van der Waals surface area contributed by atoms with Crippen molar-refractivity contribution in [3.63, 3.8) is 0 Å². The number of nitrogens with one attached hydrogen (secondary N) is 1. The van der Waals surface area contributed by atoms with Gasteiger partial charge in [0, 0.05) is 11.6 Å². The van der Waals surface area contributed by atoms with Crippen molar-refractivity contribution in [2.75, 3.05) is 0 Å². The summed E-state index contributed by atoms with van der Waals surface area (Å²) in [5, 5.41) is 4.57. The van der Waals surface area contributed by atoms with Gasteiger partial charge in [0.15, 0.2) is 0 Å². The first-order valence-electron chi connectivity index (χ1n) is 10.0. The SMILES string of the molecule is CCc1ccc2oc(-c3ccccc3)cc(=[NH+]c3cccc4ccccc34)c2c1. The van der Waals surface area contributed by atoms with Gasteiger partial charge in [0.1, 0.15) is 11.3 Å². The lowest BCUT2D eigenvalue weighted by Gasteiger charge is -2.05. The summed E-state index contributed by atoms with van der Waals surface area (Å²) in [5.41, 5.74) is 4.33. The van der Waals surface area contributed by atoms with E-state index in [4.69, 9.17) is 4.42 Å². The van der Waals surface area contributed by atoms with E-state index in [1.54, 1.807) is 0 Å². The first kappa shape index (κ1) is 17.4. The molecule has 2 nitrogen and oxygen atoms in total. The zero-order valence-electron chi connectivity index (χ0n) is 16.4. The van der Waals surface area contributed by atoms with Gasteiger partial charge in [-0.3, -0.25) is 0 Å². The average molecular weight is 376 g/mol. The van der Waals surface area contributed by atoms with Crippen LogP contribution in [0.2, 0.25) is 0 Å². The van der Waals surface area contributed by atoms with E-state index in [2.05, 4.69) is 90.8 Å². The van der Waals surface area contributed by atoms with Gasteiger partial charge in [0.2, 0.25) is 11.0 Å². The molecule has 5 aromatic rings. The number of fused-ring (bicyclic) bond motifs is 2. The van der Waals surface area contributed by atoms with Crippen LogP contribution >= 0.6 is 0 Å². The second-order valence-corrected chi connectivity index (χ2v) is 7.23. The Morgan fingerprint density at radius 1 is 0.724 bits per heavy atom. The van der Waals surface area contributed by atoms with Crippen LogP contribution in [0.5, 0.6) is 0 Å². The fourth-order valence-electron chi connectivity index (χ4n) is 3.78. The summed E-state index contributed by atoms with van der Waals surface area (Å²) in [4.78, 5) is 3.69. The highest BCUT2D eigenvalue weighted by atomic mass is 16.3. The Hall–Kier alpha value is -3.65. The van der Waals surface area contributed by atoms with Crippen LogP contribution in [-0.4, -0.2) is 0 Å². The molecule has 5 rings (SSSR count). The predicted molar refractivity (Wildman–Crippen MR) is 119 cm³/mol. The van der Waals surface area contributed by atoms with Crippen molar-refractivity contribution in [1.82, 2.24) is 0 Å². The van der Waals surface area contributed by atoms with Gasteiger partial charge in [-0.05, 0) is 35.6 Å². The summed E-state index contributed by atoms with van der Waals surface area (Å²) >= 11 is 0. The molecule has 0 unspecified atom stereocenters. The summed E-state index contributed by atoms with van der Waals surface area (Å²) < 4.78 is 6.27. The molecule has 1 N–H and O–H groups in total. The lowest BCUT2D eigenvalue weighted by Crippen LogP contribution is -2.70. The molecule has 2 heteroatoms. The molecule has 4 aromatic carbocycles. The Balaban J connectivity index is 1.84. The standard InChI is InChI=1S/C27H21NO/c1-2-19-15-16-26-23(17-19)25(18-27(29-26)21-10-4-3-5-11-21)28-24-14-8-12-20-9-6-7-13-22(20)24/h3-18H,2H2,1H3/p+1. The molecule has 0 aliphatic rings. The quantitative estimate of drug-likeness (QED) is 0.464. The van der Waals surface area contributed by atoms with Gasteiger partial charge < -0.3 is 4.42 Å². The number of benzene rings is 4. The van der Waals surface area contributed by atoms with Crippen molar-refractivity contribution in [1.29, 1.82) is 0 Å². The summed E-state index contributed by atoms with van der Waals surface area (Å²) in [6.45, 7) is 2.18. The summed E-state index contributed by atoms with van der Waals surface area (Å²) in [7, 11) is 0. The molecule has 0 saturated carbocycles. The first-order valence-corrected chi connectivity index (χ1v) is 10.0. The van der Waals surface area contributed by atoms with E-state index in [1.807, 2.05) is 18.2 Å². The highest BCUT2D eigenvalue weighted by molar-refractivity contribution is 5.90. The van der Waals surface area contributed by atoms with Gasteiger partial charge in [-0.2, -0.15) is 0 Å². The van der Waals surface area contributed by atoms with Crippen molar-refractivity contribution in [2.45, 2.75) is 13.3 Å². The van der Waals surface area contributed by atoms with Gasteiger partial charge in [-0.25, -0.2) is 4.99 Å². The van der Waals surface area contributed by atoms with Gasteiger partial charge in [0.05, 0.1) is 16.8 Å². The van der Waals surface area contributed by atoms with Crippen molar-refractivity contribution >= 4 is 27.4 Å². The van der Waals surface area contributed by atoms with E-state index in [0.717, 1.165) is 39.8 Å². The van der Waals surface area contributed by atoms with Crippen molar-refractivity contribution in [3.8, 4) is 11.3 Å². The fourth-order valence-corrected chi connectivity index (χ4v) is 3.78. The van der Waals surface area contributed by atoms with E-state index in [9.17, 15) is 0 Å². The van der Waals surface area contributed by atoms with E-state index in [1.165, 1.54) is 16.3 Å². The molecule has 0 spiro atoms. The van der Waals surface area contributed by atoms with Gasteiger partial charge in [-0.1, -0.05) is 73.7 Å². The molecule has 0 bridgehead atoms. The smallest absolute Gasteiger partial charge is 0.218 e. The molecule has 0 saturated heterocycles. The van der Waals surface area contributed by atoms with Crippen molar-refractivity contribution < 1.29 is 9.41 Å². The van der Waals surface area contributed by atoms with E-state index in [-0.39, 0.29) is 0 Å². The van der Waals surface area contributed by atoms with E-state index < -0.39 is 0 Å². The minimum absolute atomic E-state index is 0.852. The fraction of sp³-hybridized carbons (Fsp3) is 0.0741. The van der Waals surface area contributed by atoms with Gasteiger partial charge in [-0.15, -0.1) is 0 Å². The zero-order chi connectivity index (χ0) is 19.6. The van der Waals surface area contributed by atoms with Crippen LogP contribution in [0.1, 0.15) is 12.5 Å². The van der Waals surface area contributed by atoms with Gasteiger partial charge in [0.25, 0.3) is 0 Å². The molecule has 0 amide bonds. The summed E-state index contributed by atoms with van der Waals surface area (Å²) in [6, 6.07) is 33.6. The lowest BCUT2D eigenvalue weighted by atomic mass is 10.1.